The summed E-state index contributed by atoms with van der Waals surface area (Å²) in [6.07, 6.45) is -2.21. The lowest BCUT2D eigenvalue weighted by Gasteiger charge is -2.36. The second-order valence-electron chi connectivity index (χ2n) is 6.56. The van der Waals surface area contributed by atoms with Gasteiger partial charge in [0.1, 0.15) is 0 Å². The molecule has 0 bridgehead atoms. The molecule has 2 aromatic rings. The van der Waals surface area contributed by atoms with E-state index in [2.05, 4.69) is 11.9 Å². The minimum absolute atomic E-state index is 0. The van der Waals surface area contributed by atoms with E-state index in [4.69, 9.17) is 0 Å². The molecule has 136 valence electrons. The van der Waals surface area contributed by atoms with Gasteiger partial charge in [-0.3, -0.25) is 9.78 Å². The average Bonchev–Trinajstić information content (AvgIpc) is 2.52. The molecule has 0 spiro atoms. The Balaban J connectivity index is 0.00000225. The Morgan fingerprint density at radius 1 is 1.24 bits per heavy atom. The SMILES string of the molecule is C.CC(=O)N1C[C@H](C)C[C@H](c2ccc(C(F)(F)F)c3ncccc23)C1. The molecule has 2 atom stereocenters. The van der Waals surface area contributed by atoms with Crippen molar-refractivity contribution in [3.63, 3.8) is 0 Å². The number of halogens is 3. The van der Waals surface area contributed by atoms with Crippen LogP contribution in [0, 0.1) is 5.92 Å². The third-order valence-corrected chi connectivity index (χ3v) is 4.65. The molecule has 0 N–H and O–H groups in total. The molecule has 25 heavy (non-hydrogen) atoms. The van der Waals surface area contributed by atoms with Crippen molar-refractivity contribution in [2.45, 2.75) is 39.8 Å². The van der Waals surface area contributed by atoms with E-state index in [1.54, 1.807) is 23.1 Å². The van der Waals surface area contributed by atoms with Gasteiger partial charge in [0.2, 0.25) is 5.91 Å². The fourth-order valence-electron chi connectivity index (χ4n) is 3.61. The van der Waals surface area contributed by atoms with Crippen molar-refractivity contribution in [3.8, 4) is 0 Å². The summed E-state index contributed by atoms with van der Waals surface area (Å²) in [5.74, 6) is 0.328. The van der Waals surface area contributed by atoms with Crippen LogP contribution in [-0.4, -0.2) is 28.9 Å². The van der Waals surface area contributed by atoms with E-state index in [1.807, 2.05) is 0 Å². The molecule has 3 rings (SSSR count). The van der Waals surface area contributed by atoms with Crippen LogP contribution in [0.3, 0.4) is 0 Å². The Morgan fingerprint density at radius 3 is 2.60 bits per heavy atom. The summed E-state index contributed by atoms with van der Waals surface area (Å²) in [4.78, 5) is 17.5. The molecule has 1 fully saturated rings. The number of amides is 1. The maximum atomic E-state index is 13.2. The molecular formula is C19H23F3N2O. The third-order valence-electron chi connectivity index (χ3n) is 4.65. The maximum Gasteiger partial charge on any atom is 0.418 e. The van der Waals surface area contributed by atoms with Gasteiger partial charge >= 0.3 is 6.18 Å². The lowest BCUT2D eigenvalue weighted by molar-refractivity contribution is -0.136. The summed E-state index contributed by atoms with van der Waals surface area (Å²) in [5.41, 5.74) is 0.105. The lowest BCUT2D eigenvalue weighted by Crippen LogP contribution is -2.41. The average molecular weight is 352 g/mol. The summed E-state index contributed by atoms with van der Waals surface area (Å²) >= 11 is 0. The number of alkyl halides is 3. The van der Waals surface area contributed by atoms with Gasteiger partial charge in [-0.05, 0) is 30.0 Å². The molecule has 0 aliphatic carbocycles. The van der Waals surface area contributed by atoms with E-state index in [1.165, 1.54) is 13.1 Å². The second kappa shape index (κ2) is 7.02. The number of carbonyl (C=O) groups excluding carboxylic acids is 1. The molecule has 3 nitrogen and oxygen atoms in total. The first-order valence-electron chi connectivity index (χ1n) is 7.97. The van der Waals surface area contributed by atoms with Crippen molar-refractivity contribution < 1.29 is 18.0 Å². The van der Waals surface area contributed by atoms with Crippen LogP contribution in [0.2, 0.25) is 0 Å². The van der Waals surface area contributed by atoms with Gasteiger partial charge in [-0.25, -0.2) is 0 Å². The van der Waals surface area contributed by atoms with Crippen molar-refractivity contribution >= 4 is 16.8 Å². The Morgan fingerprint density at radius 2 is 1.96 bits per heavy atom. The molecule has 0 radical (unpaired) electrons. The van der Waals surface area contributed by atoms with E-state index in [9.17, 15) is 18.0 Å². The molecule has 1 aliphatic heterocycles. The fraction of sp³-hybridized carbons (Fsp3) is 0.474. The normalized spacial score (nSPS) is 21.1. The van der Waals surface area contributed by atoms with Crippen molar-refractivity contribution in [1.82, 2.24) is 9.88 Å². The first-order valence-corrected chi connectivity index (χ1v) is 7.97. The molecule has 1 aromatic heterocycles. The van der Waals surface area contributed by atoms with E-state index >= 15 is 0 Å². The van der Waals surface area contributed by atoms with E-state index < -0.39 is 11.7 Å². The van der Waals surface area contributed by atoms with Gasteiger partial charge in [0.15, 0.2) is 0 Å². The topological polar surface area (TPSA) is 33.2 Å². The quantitative estimate of drug-likeness (QED) is 0.734. The van der Waals surface area contributed by atoms with E-state index in [0.29, 0.717) is 24.4 Å². The van der Waals surface area contributed by atoms with Gasteiger partial charge in [0, 0.05) is 37.5 Å². The van der Waals surface area contributed by atoms with Gasteiger partial charge in [-0.2, -0.15) is 13.2 Å². The summed E-state index contributed by atoms with van der Waals surface area (Å²) in [7, 11) is 0. The molecule has 6 heteroatoms. The zero-order chi connectivity index (χ0) is 17.5. The lowest BCUT2D eigenvalue weighted by atomic mass is 9.83. The monoisotopic (exact) mass is 352 g/mol. The van der Waals surface area contributed by atoms with Gasteiger partial charge in [-0.1, -0.05) is 26.5 Å². The number of hydrogen-bond acceptors (Lipinski definition) is 2. The third kappa shape index (κ3) is 3.78. The predicted molar refractivity (Wildman–Crippen MR) is 92.3 cm³/mol. The number of pyridine rings is 1. The number of likely N-dealkylation sites (tertiary alicyclic amines) is 1. The van der Waals surface area contributed by atoms with E-state index in [-0.39, 0.29) is 24.8 Å². The molecule has 1 aliphatic rings. The molecule has 0 saturated carbocycles. The van der Waals surface area contributed by atoms with E-state index in [0.717, 1.165) is 18.1 Å². The highest BCUT2D eigenvalue weighted by molar-refractivity contribution is 5.86. The Kier molecular flexibility index (Phi) is 5.40. The highest BCUT2D eigenvalue weighted by Gasteiger charge is 2.35. The number of benzene rings is 1. The van der Waals surface area contributed by atoms with Crippen LogP contribution in [0.1, 0.15) is 44.7 Å². The van der Waals surface area contributed by atoms with Crippen LogP contribution in [-0.2, 0) is 11.0 Å². The Bertz CT molecular complexity index is 773. The molecule has 2 heterocycles. The highest BCUT2D eigenvalue weighted by Crippen LogP contribution is 2.39. The fourth-order valence-corrected chi connectivity index (χ4v) is 3.61. The zero-order valence-electron chi connectivity index (χ0n) is 13.6. The van der Waals surface area contributed by atoms with Gasteiger partial charge < -0.3 is 4.90 Å². The first-order chi connectivity index (χ1) is 11.3. The minimum atomic E-state index is -4.43. The number of nitrogens with zero attached hydrogens (tertiary/aromatic N) is 2. The maximum absolute atomic E-state index is 13.2. The van der Waals surface area contributed by atoms with Gasteiger partial charge in [0.05, 0.1) is 11.1 Å². The summed E-state index contributed by atoms with van der Waals surface area (Å²) in [5, 5.41) is 0.523. The van der Waals surface area contributed by atoms with Crippen molar-refractivity contribution in [3.05, 3.63) is 41.6 Å². The second-order valence-corrected chi connectivity index (χ2v) is 6.56. The Hall–Kier alpha value is -2.11. The van der Waals surface area contributed by atoms with Crippen LogP contribution >= 0.6 is 0 Å². The summed E-state index contributed by atoms with van der Waals surface area (Å²) in [6.45, 7) is 4.83. The van der Waals surface area contributed by atoms with Crippen LogP contribution in [0.25, 0.3) is 10.9 Å². The van der Waals surface area contributed by atoms with Gasteiger partial charge in [-0.15, -0.1) is 0 Å². The van der Waals surface area contributed by atoms with Crippen LogP contribution in [0.15, 0.2) is 30.5 Å². The predicted octanol–water partition coefficient (Wildman–Crippen LogP) is 4.86. The van der Waals surface area contributed by atoms with Crippen molar-refractivity contribution in [2.24, 2.45) is 5.92 Å². The van der Waals surface area contributed by atoms with Crippen LogP contribution in [0.4, 0.5) is 13.2 Å². The number of rotatable bonds is 1. The molecule has 1 aromatic carbocycles. The summed E-state index contributed by atoms with van der Waals surface area (Å²) < 4.78 is 39.7. The van der Waals surface area contributed by atoms with Crippen molar-refractivity contribution in [1.29, 1.82) is 0 Å². The standard InChI is InChI=1S/C18H19F3N2O.CH4/c1-11-8-13(10-23(9-11)12(2)24)14-5-6-16(18(19,20)21)17-15(14)4-3-7-22-17;/h3-7,11,13H,8-10H2,1-2H3;1H4/t11-,13+;/m1./s1. The number of fused-ring (bicyclic) bond motifs is 1. The number of carbonyl (C=O) groups is 1. The molecule has 1 amide bonds. The van der Waals surface area contributed by atoms with Crippen LogP contribution < -0.4 is 0 Å². The molecule has 1 saturated heterocycles. The van der Waals surface area contributed by atoms with Crippen molar-refractivity contribution in [2.75, 3.05) is 13.1 Å². The number of aromatic nitrogens is 1. The number of hydrogen-bond donors (Lipinski definition) is 0. The Labute approximate surface area is 145 Å². The molecule has 0 unspecified atom stereocenters. The summed E-state index contributed by atoms with van der Waals surface area (Å²) in [6, 6.07) is 6.00. The van der Waals surface area contributed by atoms with Crippen LogP contribution in [0.5, 0.6) is 0 Å². The van der Waals surface area contributed by atoms with Gasteiger partial charge in [0.25, 0.3) is 0 Å². The number of piperidine rings is 1. The highest BCUT2D eigenvalue weighted by atomic mass is 19.4. The smallest absolute Gasteiger partial charge is 0.342 e. The molecular weight excluding hydrogens is 329 g/mol. The minimum Gasteiger partial charge on any atom is -0.342 e. The zero-order valence-corrected chi connectivity index (χ0v) is 13.6. The first kappa shape index (κ1) is 19.2. The largest absolute Gasteiger partial charge is 0.418 e.